The summed E-state index contributed by atoms with van der Waals surface area (Å²) in [6.07, 6.45) is 0. The van der Waals surface area contributed by atoms with Crippen LogP contribution in [0.1, 0.15) is 6.92 Å². The van der Waals surface area contributed by atoms with Gasteiger partial charge < -0.3 is 14.8 Å². The first-order chi connectivity index (χ1) is 8.85. The van der Waals surface area contributed by atoms with Crippen molar-refractivity contribution in [2.75, 3.05) is 12.4 Å². The monoisotopic (exact) mass is 313 g/mol. The molecule has 1 N–H and O–H groups in total. The summed E-state index contributed by atoms with van der Waals surface area (Å²) < 4.78 is 33.0. The molecule has 0 aliphatic rings. The van der Waals surface area contributed by atoms with Crippen molar-refractivity contribution in [1.82, 2.24) is 0 Å². The van der Waals surface area contributed by atoms with E-state index in [1.807, 2.05) is 0 Å². The molecule has 0 saturated carbocycles. The Morgan fingerprint density at radius 1 is 1.32 bits per heavy atom. The van der Waals surface area contributed by atoms with Crippen molar-refractivity contribution < 1.29 is 23.0 Å². The lowest BCUT2D eigenvalue weighted by Gasteiger charge is -2.15. The number of benzene rings is 1. The van der Waals surface area contributed by atoms with Crippen LogP contribution in [0.25, 0.3) is 0 Å². The van der Waals surface area contributed by atoms with Gasteiger partial charge in [0.25, 0.3) is 0 Å². The Labute approximate surface area is 118 Å². The summed E-state index contributed by atoms with van der Waals surface area (Å²) >= 11 is 11.6. The number of anilines is 1. The Hall–Kier alpha value is -1.27. The van der Waals surface area contributed by atoms with Gasteiger partial charge in [-0.15, -0.1) is 0 Å². The van der Waals surface area contributed by atoms with E-state index in [0.717, 1.165) is 0 Å². The summed E-state index contributed by atoms with van der Waals surface area (Å²) in [6, 6.07) is 2.01. The van der Waals surface area contributed by atoms with Crippen LogP contribution in [0.4, 0.5) is 14.5 Å². The van der Waals surface area contributed by atoms with Crippen molar-refractivity contribution in [2.45, 2.75) is 19.6 Å². The maximum Gasteiger partial charge on any atom is 0.387 e. The maximum absolute atomic E-state index is 12.1. The van der Waals surface area contributed by atoms with Gasteiger partial charge in [-0.05, 0) is 19.1 Å². The van der Waals surface area contributed by atoms with Crippen molar-refractivity contribution in [1.29, 1.82) is 0 Å². The van der Waals surface area contributed by atoms with Gasteiger partial charge in [-0.1, -0.05) is 23.2 Å². The van der Waals surface area contributed by atoms with E-state index in [4.69, 9.17) is 23.2 Å². The molecule has 0 aromatic heterocycles. The Morgan fingerprint density at radius 2 is 1.84 bits per heavy atom. The van der Waals surface area contributed by atoms with Gasteiger partial charge in [-0.3, -0.25) is 0 Å². The molecular weight excluding hydrogens is 303 g/mol. The van der Waals surface area contributed by atoms with Crippen molar-refractivity contribution in [3.8, 4) is 5.75 Å². The van der Waals surface area contributed by atoms with Crippen molar-refractivity contribution in [3.05, 3.63) is 22.2 Å². The number of ether oxygens (including phenoxy) is 2. The fourth-order valence-corrected chi connectivity index (χ4v) is 1.91. The van der Waals surface area contributed by atoms with Crippen LogP contribution in [-0.4, -0.2) is 25.7 Å². The minimum absolute atomic E-state index is 0.0904. The summed E-state index contributed by atoms with van der Waals surface area (Å²) in [6.45, 7) is -1.46. The van der Waals surface area contributed by atoms with Crippen molar-refractivity contribution >= 4 is 34.9 Å². The quantitative estimate of drug-likeness (QED) is 0.844. The number of hydrogen-bond acceptors (Lipinski definition) is 4. The first-order valence-corrected chi connectivity index (χ1v) is 5.89. The van der Waals surface area contributed by atoms with Gasteiger partial charge in [0.05, 0.1) is 17.2 Å². The number of rotatable bonds is 5. The lowest BCUT2D eigenvalue weighted by molar-refractivity contribution is -0.141. The van der Waals surface area contributed by atoms with Gasteiger partial charge in [0.2, 0.25) is 0 Å². The maximum atomic E-state index is 12.1. The predicted molar refractivity (Wildman–Crippen MR) is 68.2 cm³/mol. The highest BCUT2D eigenvalue weighted by atomic mass is 35.5. The average Bonchev–Trinajstić information content (AvgIpc) is 2.32. The van der Waals surface area contributed by atoms with Crippen LogP contribution in [0.5, 0.6) is 5.75 Å². The minimum atomic E-state index is -3.03. The predicted octanol–water partition coefficient (Wildman–Crippen LogP) is 3.57. The van der Waals surface area contributed by atoms with E-state index >= 15 is 0 Å². The molecule has 0 amide bonds. The molecule has 1 aromatic rings. The summed E-state index contributed by atoms with van der Waals surface area (Å²) in [7, 11) is 1.25. The largest absolute Gasteiger partial charge is 0.467 e. The molecule has 4 nitrogen and oxygen atoms in total. The summed E-state index contributed by atoms with van der Waals surface area (Å²) in [5.74, 6) is -0.797. The van der Waals surface area contributed by atoms with E-state index in [9.17, 15) is 13.6 Å². The van der Waals surface area contributed by atoms with E-state index in [2.05, 4.69) is 14.8 Å². The van der Waals surface area contributed by atoms with Crippen LogP contribution < -0.4 is 10.1 Å². The molecule has 0 aliphatic carbocycles. The van der Waals surface area contributed by atoms with Crippen LogP contribution in [0.2, 0.25) is 10.0 Å². The second kappa shape index (κ2) is 6.77. The molecule has 19 heavy (non-hydrogen) atoms. The minimum Gasteiger partial charge on any atom is -0.467 e. The van der Waals surface area contributed by atoms with Gasteiger partial charge >= 0.3 is 12.6 Å². The summed E-state index contributed by atoms with van der Waals surface area (Å²) in [5, 5.41) is 2.59. The molecular formula is C11H11Cl2F2NO3. The molecule has 0 heterocycles. The molecule has 0 spiro atoms. The van der Waals surface area contributed by atoms with E-state index in [-0.39, 0.29) is 15.8 Å². The zero-order valence-corrected chi connectivity index (χ0v) is 11.6. The molecule has 106 valence electrons. The number of methoxy groups -OCH3 is 1. The van der Waals surface area contributed by atoms with Crippen LogP contribution in [0.3, 0.4) is 0 Å². The van der Waals surface area contributed by atoms with Crippen LogP contribution in [0, 0.1) is 0 Å². The number of halogens is 4. The van der Waals surface area contributed by atoms with Crippen LogP contribution in [-0.2, 0) is 9.53 Å². The normalized spacial score (nSPS) is 12.2. The fraction of sp³-hybridized carbons (Fsp3) is 0.364. The first-order valence-electron chi connectivity index (χ1n) is 5.13. The molecule has 0 fully saturated rings. The highest BCUT2D eigenvalue weighted by Crippen LogP contribution is 2.37. The number of alkyl halides is 2. The lowest BCUT2D eigenvalue weighted by atomic mass is 10.2. The molecule has 1 unspecified atom stereocenters. The summed E-state index contributed by atoms with van der Waals surface area (Å²) in [5.41, 5.74) is 0.384. The van der Waals surface area contributed by atoms with Gasteiger partial charge in [0.15, 0.2) is 5.75 Å². The highest BCUT2D eigenvalue weighted by molar-refractivity contribution is 6.37. The smallest absolute Gasteiger partial charge is 0.387 e. The molecule has 8 heteroatoms. The van der Waals surface area contributed by atoms with Crippen LogP contribution in [0.15, 0.2) is 12.1 Å². The molecule has 0 radical (unpaired) electrons. The molecule has 1 aromatic carbocycles. The average molecular weight is 314 g/mol. The highest BCUT2D eigenvalue weighted by Gasteiger charge is 2.17. The third kappa shape index (κ3) is 4.40. The number of nitrogens with one attached hydrogen (secondary N) is 1. The van der Waals surface area contributed by atoms with Gasteiger partial charge in [-0.2, -0.15) is 8.78 Å². The zero-order chi connectivity index (χ0) is 14.6. The van der Waals surface area contributed by atoms with Crippen LogP contribution >= 0.6 is 23.2 Å². The molecule has 1 rings (SSSR count). The molecule has 1 atom stereocenters. The Kier molecular flexibility index (Phi) is 5.62. The third-order valence-corrected chi connectivity index (χ3v) is 2.70. The van der Waals surface area contributed by atoms with E-state index < -0.39 is 18.6 Å². The Bertz CT molecular complexity index is 448. The Morgan fingerprint density at radius 3 is 2.26 bits per heavy atom. The van der Waals surface area contributed by atoms with Gasteiger partial charge in [-0.25, -0.2) is 4.79 Å². The summed E-state index contributed by atoms with van der Waals surface area (Å²) in [4.78, 5) is 11.2. The van der Waals surface area contributed by atoms with Crippen molar-refractivity contribution in [3.63, 3.8) is 0 Å². The lowest BCUT2D eigenvalue weighted by Crippen LogP contribution is -2.27. The molecule has 0 aliphatic heterocycles. The number of carbonyl (C=O) groups excluding carboxylic acids is 1. The van der Waals surface area contributed by atoms with E-state index in [0.29, 0.717) is 5.69 Å². The molecule has 0 saturated heterocycles. The number of hydrogen-bond donors (Lipinski definition) is 1. The number of esters is 1. The Balaban J connectivity index is 2.91. The van der Waals surface area contributed by atoms with E-state index in [1.54, 1.807) is 6.92 Å². The fourth-order valence-electron chi connectivity index (χ4n) is 1.33. The number of carbonyl (C=O) groups is 1. The molecule has 0 bridgehead atoms. The van der Waals surface area contributed by atoms with E-state index in [1.165, 1.54) is 19.2 Å². The third-order valence-electron chi connectivity index (χ3n) is 2.14. The van der Waals surface area contributed by atoms with Gasteiger partial charge in [0, 0.05) is 5.69 Å². The zero-order valence-electron chi connectivity index (χ0n) is 10.0. The van der Waals surface area contributed by atoms with Gasteiger partial charge in [0.1, 0.15) is 6.04 Å². The first kappa shape index (κ1) is 15.8. The van der Waals surface area contributed by atoms with Crippen molar-refractivity contribution in [2.24, 2.45) is 0 Å². The second-order valence-electron chi connectivity index (χ2n) is 3.54. The topological polar surface area (TPSA) is 47.6 Å². The standard InChI is InChI=1S/C11H11Cl2F2NO3/c1-5(10(17)18-2)16-6-3-7(12)9(8(13)4-6)19-11(14)15/h3-5,11,16H,1-2H3. The second-order valence-corrected chi connectivity index (χ2v) is 4.35. The SMILES string of the molecule is COC(=O)C(C)Nc1cc(Cl)c(OC(F)F)c(Cl)c1.